The van der Waals surface area contributed by atoms with E-state index in [0.717, 1.165) is 11.3 Å². The average Bonchev–Trinajstić information content (AvgIpc) is 2.45. The molecule has 0 saturated carbocycles. The van der Waals surface area contributed by atoms with Crippen LogP contribution in [0.5, 0.6) is 5.75 Å². The predicted octanol–water partition coefficient (Wildman–Crippen LogP) is 3.11. The van der Waals surface area contributed by atoms with E-state index in [-0.39, 0.29) is 6.61 Å². The Morgan fingerprint density at radius 1 is 1.00 bits per heavy atom. The number of hydrogen-bond donors (Lipinski definition) is 0. The summed E-state index contributed by atoms with van der Waals surface area (Å²) in [6.45, 7) is 2.46. The second-order valence-electron chi connectivity index (χ2n) is 4.25. The number of rotatable bonds is 6. The first kappa shape index (κ1) is 15.0. The zero-order valence-corrected chi connectivity index (χ0v) is 12.8. The molecule has 0 radical (unpaired) electrons. The molecule has 20 heavy (non-hydrogen) atoms. The minimum atomic E-state index is -2.88. The Morgan fingerprint density at radius 3 is 2.30 bits per heavy atom. The van der Waals surface area contributed by atoms with Crippen LogP contribution in [0.1, 0.15) is 5.56 Å². The van der Waals surface area contributed by atoms with Gasteiger partial charge in [0.05, 0.1) is 11.5 Å². The molecule has 106 valence electrons. The quantitative estimate of drug-likeness (QED) is 0.768. The predicted molar refractivity (Wildman–Crippen MR) is 82.8 cm³/mol. The van der Waals surface area contributed by atoms with Crippen molar-refractivity contribution in [1.29, 1.82) is 0 Å². The maximum Gasteiger partial charge on any atom is 0.173 e. The lowest BCUT2D eigenvalue weighted by molar-refractivity contribution is 0.230. The van der Waals surface area contributed by atoms with Crippen molar-refractivity contribution in [2.75, 3.05) is 13.2 Å². The van der Waals surface area contributed by atoms with Gasteiger partial charge in [0.2, 0.25) is 0 Å². The van der Waals surface area contributed by atoms with Crippen molar-refractivity contribution in [3.8, 4) is 5.75 Å². The van der Waals surface area contributed by atoms with Gasteiger partial charge in [0.1, 0.15) is 12.4 Å². The molecule has 0 spiro atoms. The van der Waals surface area contributed by atoms with Crippen molar-refractivity contribution in [3.63, 3.8) is 0 Å². The summed E-state index contributed by atoms with van der Waals surface area (Å²) in [6.07, 6.45) is 0. The van der Waals surface area contributed by atoms with Crippen LogP contribution in [0.25, 0.3) is 0 Å². The van der Waals surface area contributed by atoms with E-state index < -0.39 is 8.77 Å². The molecular weight excluding hydrogens is 292 g/mol. The summed E-state index contributed by atoms with van der Waals surface area (Å²) >= 11 is 5.03. The first-order valence-corrected chi connectivity index (χ1v) is 8.63. The highest BCUT2D eigenvalue weighted by molar-refractivity contribution is 8.30. The monoisotopic (exact) mass is 308 g/mol. The molecule has 0 heterocycles. The van der Waals surface area contributed by atoms with Crippen LogP contribution in [0.2, 0.25) is 0 Å². The molecule has 0 aliphatic rings. The van der Waals surface area contributed by atoms with Crippen LogP contribution in [0.3, 0.4) is 0 Å². The average molecular weight is 308 g/mol. The van der Waals surface area contributed by atoms with Crippen LogP contribution in [0.15, 0.2) is 59.5 Å². The van der Waals surface area contributed by atoms with Gasteiger partial charge in [-0.3, -0.25) is 4.18 Å². The largest absolute Gasteiger partial charge is 0.491 e. The zero-order valence-electron chi connectivity index (χ0n) is 11.2. The number of benzene rings is 2. The van der Waals surface area contributed by atoms with Crippen molar-refractivity contribution in [2.24, 2.45) is 0 Å². The Morgan fingerprint density at radius 2 is 1.65 bits per heavy atom. The third-order valence-corrected chi connectivity index (χ3v) is 4.84. The normalized spacial score (nSPS) is 13.7. The van der Waals surface area contributed by atoms with E-state index in [1.807, 2.05) is 49.4 Å². The molecule has 3 nitrogen and oxygen atoms in total. The number of para-hydroxylation sites is 1. The molecule has 2 aromatic rings. The summed E-state index contributed by atoms with van der Waals surface area (Å²) in [5.74, 6) is 0.752. The zero-order chi connectivity index (χ0) is 14.4. The molecule has 0 aromatic heterocycles. The molecule has 0 saturated heterocycles. The van der Waals surface area contributed by atoms with E-state index >= 15 is 0 Å². The third kappa shape index (κ3) is 4.30. The summed E-state index contributed by atoms with van der Waals surface area (Å²) in [5, 5.41) is 0. The highest BCUT2D eigenvalue weighted by Crippen LogP contribution is 2.14. The summed E-state index contributed by atoms with van der Waals surface area (Å²) in [6, 6.07) is 16.6. The molecule has 1 atom stereocenters. The van der Waals surface area contributed by atoms with Gasteiger partial charge < -0.3 is 4.74 Å². The molecule has 2 rings (SSSR count). The van der Waals surface area contributed by atoms with E-state index in [0.29, 0.717) is 11.5 Å². The van der Waals surface area contributed by atoms with Crippen molar-refractivity contribution >= 4 is 20.0 Å². The lowest BCUT2D eigenvalue weighted by Crippen LogP contribution is -2.12. The Bertz CT molecular complexity index is 635. The molecule has 5 heteroatoms. The lowest BCUT2D eigenvalue weighted by atomic mass is 10.2. The second kappa shape index (κ2) is 6.83. The van der Waals surface area contributed by atoms with Crippen molar-refractivity contribution < 1.29 is 13.1 Å². The third-order valence-electron chi connectivity index (χ3n) is 2.64. The Labute approximate surface area is 124 Å². The van der Waals surface area contributed by atoms with Gasteiger partial charge in [-0.25, -0.2) is 4.21 Å². The van der Waals surface area contributed by atoms with Gasteiger partial charge in [-0.2, -0.15) is 0 Å². The molecule has 0 N–H and O–H groups in total. The molecule has 0 aliphatic heterocycles. The Kier molecular flexibility index (Phi) is 5.11. The number of ether oxygens (including phenoxy) is 1. The molecule has 2 aromatic carbocycles. The van der Waals surface area contributed by atoms with E-state index in [1.165, 1.54) is 0 Å². The smallest absolute Gasteiger partial charge is 0.173 e. The van der Waals surface area contributed by atoms with Crippen molar-refractivity contribution in [2.45, 2.75) is 11.8 Å². The van der Waals surface area contributed by atoms with Gasteiger partial charge in [0, 0.05) is 11.2 Å². The molecule has 0 aliphatic carbocycles. The van der Waals surface area contributed by atoms with Crippen LogP contribution in [0.4, 0.5) is 0 Å². The highest BCUT2D eigenvalue weighted by Gasteiger charge is 2.10. The highest BCUT2D eigenvalue weighted by atomic mass is 32.8. The first-order valence-electron chi connectivity index (χ1n) is 6.22. The van der Waals surface area contributed by atoms with Crippen LogP contribution < -0.4 is 4.74 Å². The molecule has 0 bridgehead atoms. The first-order chi connectivity index (χ1) is 9.58. The van der Waals surface area contributed by atoms with Gasteiger partial charge >= 0.3 is 0 Å². The summed E-state index contributed by atoms with van der Waals surface area (Å²) in [4.78, 5) is 0.526. The molecular formula is C15H16O3S2. The van der Waals surface area contributed by atoms with Gasteiger partial charge in [-0.05, 0) is 31.2 Å². The molecule has 0 amide bonds. The van der Waals surface area contributed by atoms with E-state index in [9.17, 15) is 4.21 Å². The summed E-state index contributed by atoms with van der Waals surface area (Å²) < 4.78 is 23.0. The van der Waals surface area contributed by atoms with E-state index in [1.54, 1.807) is 12.1 Å². The molecule has 1 unspecified atom stereocenters. The topological polar surface area (TPSA) is 35.5 Å². The van der Waals surface area contributed by atoms with Crippen LogP contribution in [-0.2, 0) is 24.1 Å². The van der Waals surface area contributed by atoms with E-state index in [2.05, 4.69) is 0 Å². The number of aryl methyl sites for hydroxylation is 1. The maximum atomic E-state index is 12.2. The van der Waals surface area contributed by atoms with Gasteiger partial charge in [-0.1, -0.05) is 35.9 Å². The fourth-order valence-electron chi connectivity index (χ4n) is 1.59. The van der Waals surface area contributed by atoms with Gasteiger partial charge in [-0.15, -0.1) is 0 Å². The van der Waals surface area contributed by atoms with Gasteiger partial charge in [0.15, 0.2) is 8.77 Å². The minimum Gasteiger partial charge on any atom is -0.491 e. The number of hydrogen-bond acceptors (Lipinski definition) is 4. The second-order valence-corrected chi connectivity index (χ2v) is 7.18. The Balaban J connectivity index is 1.85. The maximum absolute atomic E-state index is 12.2. The summed E-state index contributed by atoms with van der Waals surface area (Å²) in [7, 11) is -2.88. The Hall–Kier alpha value is -1.43. The standard InChI is InChI=1S/C15H16O3S2/c1-13-7-9-15(10-8-13)20(16,19)18-12-11-17-14-5-3-2-4-6-14/h2-10H,11-12H2,1H3. The van der Waals surface area contributed by atoms with Crippen LogP contribution in [0, 0.1) is 6.92 Å². The van der Waals surface area contributed by atoms with Crippen LogP contribution >= 0.6 is 0 Å². The van der Waals surface area contributed by atoms with Crippen molar-refractivity contribution in [1.82, 2.24) is 0 Å². The van der Waals surface area contributed by atoms with Crippen LogP contribution in [-0.4, -0.2) is 17.4 Å². The molecule has 0 fully saturated rings. The van der Waals surface area contributed by atoms with E-state index in [4.69, 9.17) is 20.1 Å². The summed E-state index contributed by atoms with van der Waals surface area (Å²) in [5.41, 5.74) is 1.09. The van der Waals surface area contributed by atoms with Gasteiger partial charge in [0.25, 0.3) is 0 Å². The van der Waals surface area contributed by atoms with Crippen molar-refractivity contribution in [3.05, 3.63) is 60.2 Å². The lowest BCUT2D eigenvalue weighted by Gasteiger charge is -2.10. The minimum absolute atomic E-state index is 0.186. The fraction of sp³-hybridized carbons (Fsp3) is 0.200. The SMILES string of the molecule is Cc1ccc(S(=O)(=S)OCCOc2ccccc2)cc1. The fourth-order valence-corrected chi connectivity index (χ4v) is 3.02.